The van der Waals surface area contributed by atoms with Gasteiger partial charge in [-0.05, 0) is 43.5 Å². The van der Waals surface area contributed by atoms with E-state index in [1.807, 2.05) is 19.3 Å². The summed E-state index contributed by atoms with van der Waals surface area (Å²) in [6.07, 6.45) is 5.98. The fourth-order valence-electron chi connectivity index (χ4n) is 3.54. The van der Waals surface area contributed by atoms with Gasteiger partial charge in [0.05, 0.1) is 0 Å². The first-order valence-electron chi connectivity index (χ1n) is 8.31. The number of fused-ring (bicyclic) bond motifs is 3. The molecular formula is C19H22N4. The molecule has 1 aliphatic rings. The Kier molecular flexibility index (Phi) is 3.62. The van der Waals surface area contributed by atoms with Crippen molar-refractivity contribution in [3.05, 3.63) is 58.8 Å². The molecule has 118 valence electrons. The second-order valence-electron chi connectivity index (χ2n) is 6.41. The van der Waals surface area contributed by atoms with Crippen LogP contribution in [0.5, 0.6) is 0 Å². The standard InChI is InChI=1S/C19H22N4/c1-13-3-4-18-16(9-13)17-12-20-7-5-19(17)23(18)8-6-15-10-21-14(2)22-11-15/h3-4,9-11,20H,5-8,12H2,1-2H3. The van der Waals surface area contributed by atoms with E-state index in [0.29, 0.717) is 0 Å². The molecule has 0 bridgehead atoms. The van der Waals surface area contributed by atoms with Gasteiger partial charge >= 0.3 is 0 Å². The largest absolute Gasteiger partial charge is 0.344 e. The van der Waals surface area contributed by atoms with Crippen LogP contribution in [0, 0.1) is 13.8 Å². The van der Waals surface area contributed by atoms with Crippen LogP contribution in [0.1, 0.15) is 28.2 Å². The zero-order valence-electron chi connectivity index (χ0n) is 13.8. The first-order chi connectivity index (χ1) is 11.2. The predicted octanol–water partition coefficient (Wildman–Crippen LogP) is 2.94. The number of rotatable bonds is 3. The fourth-order valence-corrected chi connectivity index (χ4v) is 3.54. The maximum Gasteiger partial charge on any atom is 0.125 e. The van der Waals surface area contributed by atoms with E-state index >= 15 is 0 Å². The average molecular weight is 306 g/mol. The van der Waals surface area contributed by atoms with Crippen molar-refractivity contribution in [2.24, 2.45) is 0 Å². The average Bonchev–Trinajstić information content (AvgIpc) is 2.88. The van der Waals surface area contributed by atoms with Crippen LogP contribution < -0.4 is 5.32 Å². The van der Waals surface area contributed by atoms with E-state index in [1.54, 1.807) is 0 Å². The van der Waals surface area contributed by atoms with Gasteiger partial charge in [-0.3, -0.25) is 0 Å². The lowest BCUT2D eigenvalue weighted by molar-refractivity contribution is 0.594. The van der Waals surface area contributed by atoms with Gasteiger partial charge in [-0.2, -0.15) is 0 Å². The Morgan fingerprint density at radius 2 is 2.00 bits per heavy atom. The summed E-state index contributed by atoms with van der Waals surface area (Å²) in [5.74, 6) is 0.832. The first-order valence-corrected chi connectivity index (χ1v) is 8.31. The third-order valence-electron chi connectivity index (χ3n) is 4.74. The van der Waals surface area contributed by atoms with Crippen LogP contribution in [-0.2, 0) is 25.9 Å². The van der Waals surface area contributed by atoms with E-state index in [9.17, 15) is 0 Å². The monoisotopic (exact) mass is 306 g/mol. The molecule has 0 amide bonds. The summed E-state index contributed by atoms with van der Waals surface area (Å²) in [6.45, 7) is 7.13. The highest BCUT2D eigenvalue weighted by molar-refractivity contribution is 5.86. The second-order valence-corrected chi connectivity index (χ2v) is 6.41. The molecule has 0 atom stereocenters. The second kappa shape index (κ2) is 5.78. The molecule has 4 nitrogen and oxygen atoms in total. The van der Waals surface area contributed by atoms with Crippen molar-refractivity contribution in [1.29, 1.82) is 0 Å². The van der Waals surface area contributed by atoms with Crippen molar-refractivity contribution >= 4 is 10.9 Å². The van der Waals surface area contributed by atoms with Gasteiger partial charge < -0.3 is 9.88 Å². The number of benzene rings is 1. The topological polar surface area (TPSA) is 42.7 Å². The van der Waals surface area contributed by atoms with Crippen molar-refractivity contribution in [2.75, 3.05) is 6.54 Å². The van der Waals surface area contributed by atoms with Crippen molar-refractivity contribution < 1.29 is 0 Å². The highest BCUT2D eigenvalue weighted by atomic mass is 15.0. The third-order valence-corrected chi connectivity index (χ3v) is 4.74. The molecule has 2 aromatic heterocycles. The molecule has 0 saturated heterocycles. The van der Waals surface area contributed by atoms with Crippen LogP contribution in [-0.4, -0.2) is 21.1 Å². The molecule has 1 N–H and O–H groups in total. The smallest absolute Gasteiger partial charge is 0.125 e. The van der Waals surface area contributed by atoms with E-state index in [0.717, 1.165) is 38.3 Å². The molecule has 23 heavy (non-hydrogen) atoms. The quantitative estimate of drug-likeness (QED) is 0.809. The minimum Gasteiger partial charge on any atom is -0.344 e. The van der Waals surface area contributed by atoms with Gasteiger partial charge in [0.25, 0.3) is 0 Å². The molecule has 4 rings (SSSR count). The number of nitrogens with one attached hydrogen (secondary N) is 1. The number of hydrogen-bond donors (Lipinski definition) is 1. The summed E-state index contributed by atoms with van der Waals surface area (Å²) in [6, 6.07) is 6.81. The zero-order valence-corrected chi connectivity index (χ0v) is 13.8. The summed E-state index contributed by atoms with van der Waals surface area (Å²) in [5.41, 5.74) is 6.87. The Bertz CT molecular complexity index is 846. The highest BCUT2D eigenvalue weighted by Crippen LogP contribution is 2.29. The summed E-state index contributed by atoms with van der Waals surface area (Å²) >= 11 is 0. The lowest BCUT2D eigenvalue weighted by Crippen LogP contribution is -2.24. The summed E-state index contributed by atoms with van der Waals surface area (Å²) in [5, 5.41) is 4.92. The van der Waals surface area contributed by atoms with Gasteiger partial charge in [0.2, 0.25) is 0 Å². The Morgan fingerprint density at radius 3 is 2.83 bits per heavy atom. The van der Waals surface area contributed by atoms with Crippen molar-refractivity contribution in [3.8, 4) is 0 Å². The SMILES string of the molecule is Cc1ccc2c(c1)c1c(n2CCc2cnc(C)nc2)CCNC1. The zero-order chi connectivity index (χ0) is 15.8. The molecule has 1 aliphatic heterocycles. The van der Waals surface area contributed by atoms with Gasteiger partial charge in [-0.1, -0.05) is 11.6 Å². The van der Waals surface area contributed by atoms with Gasteiger partial charge in [-0.25, -0.2) is 9.97 Å². The number of aryl methyl sites for hydroxylation is 4. The number of hydrogen-bond acceptors (Lipinski definition) is 3. The van der Waals surface area contributed by atoms with Crippen molar-refractivity contribution in [3.63, 3.8) is 0 Å². The molecule has 3 heterocycles. The number of nitrogens with zero attached hydrogens (tertiary/aromatic N) is 3. The van der Waals surface area contributed by atoms with E-state index in [1.165, 1.54) is 33.3 Å². The van der Waals surface area contributed by atoms with Crippen molar-refractivity contribution in [1.82, 2.24) is 19.9 Å². The van der Waals surface area contributed by atoms with E-state index in [-0.39, 0.29) is 0 Å². The van der Waals surface area contributed by atoms with Crippen molar-refractivity contribution in [2.45, 2.75) is 39.8 Å². The van der Waals surface area contributed by atoms with Gasteiger partial charge in [-0.15, -0.1) is 0 Å². The molecule has 1 aromatic carbocycles. The summed E-state index contributed by atoms with van der Waals surface area (Å²) < 4.78 is 2.50. The molecule has 3 aromatic rings. The molecular weight excluding hydrogens is 284 g/mol. The molecule has 0 radical (unpaired) electrons. The van der Waals surface area contributed by atoms with Gasteiger partial charge in [0.15, 0.2) is 0 Å². The molecule has 0 fully saturated rings. The maximum absolute atomic E-state index is 4.31. The summed E-state index contributed by atoms with van der Waals surface area (Å²) in [7, 11) is 0. The normalized spacial score (nSPS) is 14.2. The Balaban J connectivity index is 1.72. The van der Waals surface area contributed by atoms with Crippen LogP contribution in [0.3, 0.4) is 0 Å². The Hall–Kier alpha value is -2.20. The number of aromatic nitrogens is 3. The first kappa shape index (κ1) is 14.4. The van der Waals surface area contributed by atoms with Crippen LogP contribution in [0.2, 0.25) is 0 Å². The van der Waals surface area contributed by atoms with E-state index in [4.69, 9.17) is 0 Å². The van der Waals surface area contributed by atoms with Crippen LogP contribution >= 0.6 is 0 Å². The minimum atomic E-state index is 0.832. The summed E-state index contributed by atoms with van der Waals surface area (Å²) in [4.78, 5) is 8.62. The van der Waals surface area contributed by atoms with Gasteiger partial charge in [0.1, 0.15) is 5.82 Å². The van der Waals surface area contributed by atoms with Gasteiger partial charge in [0, 0.05) is 55.0 Å². The molecule has 0 aliphatic carbocycles. The molecule has 0 saturated carbocycles. The molecule has 0 spiro atoms. The Morgan fingerprint density at radius 1 is 1.17 bits per heavy atom. The van der Waals surface area contributed by atoms with Crippen LogP contribution in [0.25, 0.3) is 10.9 Å². The lowest BCUT2D eigenvalue weighted by Gasteiger charge is -2.17. The van der Waals surface area contributed by atoms with Crippen LogP contribution in [0.15, 0.2) is 30.6 Å². The highest BCUT2D eigenvalue weighted by Gasteiger charge is 2.19. The molecule has 4 heteroatoms. The van der Waals surface area contributed by atoms with E-state index < -0.39 is 0 Å². The predicted molar refractivity (Wildman–Crippen MR) is 92.6 cm³/mol. The molecule has 0 unspecified atom stereocenters. The minimum absolute atomic E-state index is 0.832. The van der Waals surface area contributed by atoms with E-state index in [2.05, 4.69) is 45.0 Å². The lowest BCUT2D eigenvalue weighted by atomic mass is 10.0. The third kappa shape index (κ3) is 2.63. The Labute approximate surface area is 136 Å². The fraction of sp³-hybridized carbons (Fsp3) is 0.368. The maximum atomic E-state index is 4.31. The van der Waals surface area contributed by atoms with Crippen LogP contribution in [0.4, 0.5) is 0 Å².